The molecule has 2 heterocycles. The summed E-state index contributed by atoms with van der Waals surface area (Å²) in [6, 6.07) is 12.6. The normalized spacial score (nSPS) is 11.1. The number of rotatable bonds is 5. The molecule has 29 heavy (non-hydrogen) atoms. The maximum atomic E-state index is 6.61. The van der Waals surface area contributed by atoms with Gasteiger partial charge in [-0.05, 0) is 63.1 Å². The Morgan fingerprint density at radius 3 is 2.55 bits per heavy atom. The first-order valence-corrected chi connectivity index (χ1v) is 9.96. The zero-order valence-electron chi connectivity index (χ0n) is 17.0. The molecule has 0 saturated carbocycles. The molecule has 0 aliphatic rings. The predicted octanol–water partition coefficient (Wildman–Crippen LogP) is 6.26. The van der Waals surface area contributed by atoms with Crippen molar-refractivity contribution in [2.45, 2.75) is 27.7 Å². The van der Waals surface area contributed by atoms with Crippen LogP contribution < -0.4 is 4.90 Å². The van der Waals surface area contributed by atoms with Gasteiger partial charge in [-0.2, -0.15) is 0 Å². The first kappa shape index (κ1) is 19.3. The van der Waals surface area contributed by atoms with Crippen LogP contribution in [0.25, 0.3) is 16.8 Å². The summed E-state index contributed by atoms with van der Waals surface area (Å²) in [5.41, 5.74) is 7.32. The molecule has 5 nitrogen and oxygen atoms in total. The molecule has 0 spiro atoms. The molecule has 0 fully saturated rings. The fraction of sp³-hybridized carbons (Fsp3) is 0.217. The Morgan fingerprint density at radius 1 is 1.10 bits per heavy atom. The highest BCUT2D eigenvalue weighted by Crippen LogP contribution is 2.36. The minimum atomic E-state index is 0.679. The number of halogens is 1. The van der Waals surface area contributed by atoms with Crippen LogP contribution in [0.4, 0.5) is 11.4 Å². The molecule has 0 unspecified atom stereocenters. The zero-order chi connectivity index (χ0) is 20.5. The summed E-state index contributed by atoms with van der Waals surface area (Å²) in [5, 5.41) is 4.78. The van der Waals surface area contributed by atoms with Gasteiger partial charge >= 0.3 is 0 Å². The average Bonchev–Trinajstić information content (AvgIpc) is 3.34. The Morgan fingerprint density at radius 2 is 1.93 bits per heavy atom. The summed E-state index contributed by atoms with van der Waals surface area (Å²) in [6.45, 7) is 8.99. The first-order valence-electron chi connectivity index (χ1n) is 9.59. The molecule has 4 rings (SSSR count). The van der Waals surface area contributed by atoms with Crippen LogP contribution in [0.2, 0.25) is 5.02 Å². The van der Waals surface area contributed by atoms with Gasteiger partial charge in [-0.25, -0.2) is 4.98 Å². The third-order valence-corrected chi connectivity index (χ3v) is 5.47. The van der Waals surface area contributed by atoms with Crippen molar-refractivity contribution in [3.63, 3.8) is 0 Å². The maximum Gasteiger partial charge on any atom is 0.141 e. The highest BCUT2D eigenvalue weighted by atomic mass is 35.5. The van der Waals surface area contributed by atoms with Crippen LogP contribution in [-0.4, -0.2) is 21.3 Å². The fourth-order valence-corrected chi connectivity index (χ4v) is 3.99. The number of anilines is 2. The molecule has 0 saturated heterocycles. The van der Waals surface area contributed by atoms with E-state index < -0.39 is 0 Å². The third-order valence-electron chi connectivity index (χ3n) is 5.16. The Bertz CT molecular complexity index is 1130. The zero-order valence-corrected chi connectivity index (χ0v) is 17.7. The monoisotopic (exact) mass is 406 g/mol. The van der Waals surface area contributed by atoms with Crippen LogP contribution in [0.1, 0.15) is 23.9 Å². The molecular formula is C23H23ClN4O. The van der Waals surface area contributed by atoms with Crippen LogP contribution in [0.15, 0.2) is 59.6 Å². The van der Waals surface area contributed by atoms with Gasteiger partial charge in [-0.3, -0.25) is 0 Å². The van der Waals surface area contributed by atoms with E-state index in [9.17, 15) is 0 Å². The SMILES string of the molecule is CCN(c1ccc(-n2ccnc2)c(Cl)c1)c1cc(-c2c(C)noc2C)ccc1C. The van der Waals surface area contributed by atoms with Gasteiger partial charge in [0.25, 0.3) is 0 Å². The second-order valence-corrected chi connectivity index (χ2v) is 7.46. The van der Waals surface area contributed by atoms with Gasteiger partial charge in [0.1, 0.15) is 5.76 Å². The summed E-state index contributed by atoms with van der Waals surface area (Å²) < 4.78 is 7.28. The summed E-state index contributed by atoms with van der Waals surface area (Å²) >= 11 is 6.61. The summed E-state index contributed by atoms with van der Waals surface area (Å²) in [4.78, 5) is 6.37. The van der Waals surface area contributed by atoms with Gasteiger partial charge in [-0.1, -0.05) is 28.9 Å². The van der Waals surface area contributed by atoms with Gasteiger partial charge in [0.15, 0.2) is 0 Å². The third kappa shape index (κ3) is 3.54. The molecule has 2 aromatic carbocycles. The van der Waals surface area contributed by atoms with Crippen molar-refractivity contribution in [3.8, 4) is 16.8 Å². The Balaban J connectivity index is 1.77. The number of hydrogen-bond acceptors (Lipinski definition) is 4. The Labute approximate surface area is 175 Å². The molecule has 0 radical (unpaired) electrons. The molecule has 0 bridgehead atoms. The van der Waals surface area contributed by atoms with E-state index >= 15 is 0 Å². The van der Waals surface area contributed by atoms with Gasteiger partial charge in [0.05, 0.1) is 22.7 Å². The molecule has 4 aromatic rings. The minimum Gasteiger partial charge on any atom is -0.361 e. The lowest BCUT2D eigenvalue weighted by Crippen LogP contribution is -2.17. The largest absolute Gasteiger partial charge is 0.361 e. The van der Waals surface area contributed by atoms with Gasteiger partial charge in [0.2, 0.25) is 0 Å². The first-order chi connectivity index (χ1) is 14.0. The van der Waals surface area contributed by atoms with E-state index in [1.165, 1.54) is 5.56 Å². The van der Waals surface area contributed by atoms with Crippen molar-refractivity contribution < 1.29 is 4.52 Å². The summed E-state index contributed by atoms with van der Waals surface area (Å²) in [5.74, 6) is 0.827. The van der Waals surface area contributed by atoms with Crippen LogP contribution in [0.5, 0.6) is 0 Å². The maximum absolute atomic E-state index is 6.61. The average molecular weight is 407 g/mol. The molecule has 0 aliphatic heterocycles. The van der Waals surface area contributed by atoms with Crippen molar-refractivity contribution in [1.29, 1.82) is 0 Å². The number of hydrogen-bond donors (Lipinski definition) is 0. The highest BCUT2D eigenvalue weighted by Gasteiger charge is 2.17. The van der Waals surface area contributed by atoms with E-state index in [2.05, 4.69) is 53.2 Å². The van der Waals surface area contributed by atoms with Gasteiger partial charge in [-0.15, -0.1) is 0 Å². The van der Waals surface area contributed by atoms with Crippen molar-refractivity contribution in [2.75, 3.05) is 11.4 Å². The number of imidazole rings is 1. The molecule has 0 N–H and O–H groups in total. The van der Waals surface area contributed by atoms with Crippen molar-refractivity contribution in [2.24, 2.45) is 0 Å². The van der Waals surface area contributed by atoms with Crippen LogP contribution in [-0.2, 0) is 0 Å². The van der Waals surface area contributed by atoms with E-state index in [0.717, 1.165) is 46.2 Å². The van der Waals surface area contributed by atoms with Gasteiger partial charge < -0.3 is 14.0 Å². The Kier molecular flexibility index (Phi) is 5.16. The number of aryl methyl sites for hydroxylation is 3. The standard InChI is InChI=1S/C23H23ClN4O/c1-5-28(19-8-9-21(20(24)13-19)27-11-10-25-14-27)22-12-18(7-6-15(22)2)23-16(3)26-29-17(23)4/h6-14H,5H2,1-4H3. The van der Waals surface area contributed by atoms with E-state index in [0.29, 0.717) is 5.02 Å². The number of aromatic nitrogens is 3. The molecule has 0 atom stereocenters. The minimum absolute atomic E-state index is 0.679. The molecule has 6 heteroatoms. The summed E-state index contributed by atoms with van der Waals surface area (Å²) in [6.07, 6.45) is 5.37. The molecule has 148 valence electrons. The predicted molar refractivity (Wildman–Crippen MR) is 117 cm³/mol. The molecule has 0 aliphatic carbocycles. The lowest BCUT2D eigenvalue weighted by molar-refractivity contribution is 0.393. The Hall–Kier alpha value is -3.05. The van der Waals surface area contributed by atoms with Crippen LogP contribution in [0.3, 0.4) is 0 Å². The van der Waals surface area contributed by atoms with Crippen molar-refractivity contribution in [3.05, 3.63) is 77.2 Å². The smallest absolute Gasteiger partial charge is 0.141 e. The van der Waals surface area contributed by atoms with E-state index in [1.807, 2.05) is 36.7 Å². The number of nitrogens with zero attached hydrogens (tertiary/aromatic N) is 4. The van der Waals surface area contributed by atoms with Crippen molar-refractivity contribution in [1.82, 2.24) is 14.7 Å². The lowest BCUT2D eigenvalue weighted by Gasteiger charge is -2.26. The quantitative estimate of drug-likeness (QED) is 0.392. The van der Waals surface area contributed by atoms with E-state index in [1.54, 1.807) is 12.5 Å². The topological polar surface area (TPSA) is 47.1 Å². The van der Waals surface area contributed by atoms with E-state index in [4.69, 9.17) is 16.1 Å². The van der Waals surface area contributed by atoms with Gasteiger partial charge in [0, 0.05) is 35.9 Å². The van der Waals surface area contributed by atoms with E-state index in [-0.39, 0.29) is 0 Å². The second-order valence-electron chi connectivity index (χ2n) is 7.05. The van der Waals surface area contributed by atoms with Crippen LogP contribution in [0, 0.1) is 20.8 Å². The molecular weight excluding hydrogens is 384 g/mol. The molecule has 2 aromatic heterocycles. The lowest BCUT2D eigenvalue weighted by atomic mass is 10.0. The highest BCUT2D eigenvalue weighted by molar-refractivity contribution is 6.32. The second kappa shape index (κ2) is 7.76. The fourth-order valence-electron chi connectivity index (χ4n) is 3.72. The summed E-state index contributed by atoms with van der Waals surface area (Å²) in [7, 11) is 0. The number of benzene rings is 2. The van der Waals surface area contributed by atoms with Crippen molar-refractivity contribution >= 4 is 23.0 Å². The van der Waals surface area contributed by atoms with Crippen LogP contribution >= 0.6 is 11.6 Å². The molecule has 0 amide bonds.